The molecule has 0 saturated heterocycles. The van der Waals surface area contributed by atoms with Gasteiger partial charge in [0.15, 0.2) is 5.71 Å². The molecular weight excluding hydrogens is 328 g/mol. The van der Waals surface area contributed by atoms with Gasteiger partial charge in [0, 0.05) is 42.1 Å². The van der Waals surface area contributed by atoms with Crippen molar-refractivity contribution in [3.8, 4) is 0 Å². The highest BCUT2D eigenvalue weighted by molar-refractivity contribution is 6.03. The van der Waals surface area contributed by atoms with Gasteiger partial charge < -0.3 is 4.90 Å². The molecule has 2 nitrogen and oxygen atoms in total. The molecule has 0 bridgehead atoms. The van der Waals surface area contributed by atoms with E-state index in [1.54, 1.807) is 0 Å². The number of rotatable bonds is 4. The van der Waals surface area contributed by atoms with Crippen LogP contribution in [-0.2, 0) is 11.8 Å². The Balaban J connectivity index is 1.67. The molecule has 0 saturated carbocycles. The molecule has 0 unspecified atom stereocenters. The lowest BCUT2D eigenvalue weighted by molar-refractivity contribution is -0.433. The molecule has 0 N–H and O–H groups in total. The minimum atomic E-state index is 0.0324. The van der Waals surface area contributed by atoms with Gasteiger partial charge in [0.1, 0.15) is 6.54 Å². The summed E-state index contributed by atoms with van der Waals surface area (Å²) in [7, 11) is 0. The fraction of sp³-hybridized carbons (Fsp3) is 0.320. The average molecular weight is 358 g/mol. The minimum Gasteiger partial charge on any atom is -0.345 e. The van der Waals surface area contributed by atoms with E-state index in [1.165, 1.54) is 33.9 Å². The van der Waals surface area contributed by atoms with Crippen LogP contribution in [0.15, 0.2) is 72.5 Å². The Bertz CT molecular complexity index is 960. The highest BCUT2D eigenvalue weighted by Crippen LogP contribution is 2.39. The van der Waals surface area contributed by atoms with Crippen molar-refractivity contribution in [3.63, 3.8) is 0 Å². The van der Waals surface area contributed by atoms with Gasteiger partial charge in [0.2, 0.25) is 5.69 Å². The normalized spacial score (nSPS) is 19.3. The van der Waals surface area contributed by atoms with Gasteiger partial charge in [0.25, 0.3) is 0 Å². The van der Waals surface area contributed by atoms with E-state index < -0.39 is 0 Å². The predicted octanol–water partition coefficient (Wildman–Crippen LogP) is 5.61. The topological polar surface area (TPSA) is 6.25 Å². The van der Waals surface area contributed by atoms with Gasteiger partial charge in [-0.15, -0.1) is 0 Å². The summed E-state index contributed by atoms with van der Waals surface area (Å²) in [5, 5.41) is 0. The van der Waals surface area contributed by atoms with E-state index in [-0.39, 0.29) is 5.41 Å². The third-order valence-electron chi connectivity index (χ3n) is 5.98. The lowest BCUT2D eigenvalue weighted by Gasteiger charge is -2.19. The zero-order valence-corrected chi connectivity index (χ0v) is 16.9. The Hall–Kier alpha value is -2.61. The van der Waals surface area contributed by atoms with E-state index in [4.69, 9.17) is 0 Å². The van der Waals surface area contributed by atoms with Crippen LogP contribution in [-0.4, -0.2) is 23.4 Å². The van der Waals surface area contributed by atoms with Crippen molar-refractivity contribution in [1.29, 1.82) is 0 Å². The van der Waals surface area contributed by atoms with Crippen LogP contribution in [0, 0.1) is 0 Å². The Morgan fingerprint density at radius 2 is 1.78 bits per heavy atom. The molecule has 0 aliphatic carbocycles. The van der Waals surface area contributed by atoms with Gasteiger partial charge in [-0.1, -0.05) is 42.5 Å². The van der Waals surface area contributed by atoms with Crippen molar-refractivity contribution in [2.24, 2.45) is 0 Å². The van der Waals surface area contributed by atoms with Crippen molar-refractivity contribution < 1.29 is 4.58 Å². The van der Waals surface area contributed by atoms with Crippen LogP contribution in [0.1, 0.15) is 38.8 Å². The second kappa shape index (κ2) is 6.84. The first-order valence-electron chi connectivity index (χ1n) is 10.0. The van der Waals surface area contributed by atoms with Crippen molar-refractivity contribution in [2.45, 2.75) is 39.5 Å². The monoisotopic (exact) mass is 357 g/mol. The quantitative estimate of drug-likeness (QED) is 0.645. The SMILES string of the molecule is CCN1/C(=C/C=C/C2=[N+](CC)c3ccccc3C2(C)C)Cc2ccccc21. The molecule has 0 spiro atoms. The number of hydrogen-bond donors (Lipinski definition) is 0. The first-order chi connectivity index (χ1) is 13.1. The van der Waals surface area contributed by atoms with Crippen LogP contribution in [0.3, 0.4) is 0 Å². The molecule has 2 aromatic carbocycles. The molecule has 0 fully saturated rings. The van der Waals surface area contributed by atoms with Gasteiger partial charge in [-0.2, -0.15) is 4.58 Å². The molecule has 0 atom stereocenters. The lowest BCUT2D eigenvalue weighted by Crippen LogP contribution is -2.27. The number of nitrogens with zero attached hydrogens (tertiary/aromatic N) is 2. The summed E-state index contributed by atoms with van der Waals surface area (Å²) in [6.45, 7) is 11.1. The molecule has 0 amide bonds. The summed E-state index contributed by atoms with van der Waals surface area (Å²) in [5.74, 6) is 0. The Kier molecular flexibility index (Phi) is 4.51. The predicted molar refractivity (Wildman–Crippen MR) is 115 cm³/mol. The number of para-hydroxylation sites is 2. The van der Waals surface area contributed by atoms with Gasteiger partial charge in [-0.25, -0.2) is 0 Å². The standard InChI is InChI=1S/C25H29N2/c1-5-26-20(18-19-12-7-9-15-22(19)26)13-11-17-24-25(3,4)21-14-8-10-16-23(21)27(24)6-2/h7-17H,5-6,18H2,1-4H3/q+1. The van der Waals surface area contributed by atoms with Crippen LogP contribution >= 0.6 is 0 Å². The number of hydrogen-bond acceptors (Lipinski definition) is 1. The number of likely N-dealkylation sites (N-methyl/N-ethyl adjacent to an activating group) is 1. The molecule has 0 aromatic heterocycles. The Morgan fingerprint density at radius 1 is 1.04 bits per heavy atom. The van der Waals surface area contributed by atoms with Gasteiger partial charge in [-0.05, 0) is 45.4 Å². The van der Waals surface area contributed by atoms with Crippen molar-refractivity contribution >= 4 is 17.1 Å². The van der Waals surface area contributed by atoms with Crippen molar-refractivity contribution in [1.82, 2.24) is 0 Å². The third kappa shape index (κ3) is 2.84. The highest BCUT2D eigenvalue weighted by atomic mass is 15.2. The van der Waals surface area contributed by atoms with Crippen molar-refractivity contribution in [3.05, 3.63) is 83.6 Å². The summed E-state index contributed by atoms with van der Waals surface area (Å²) < 4.78 is 2.45. The van der Waals surface area contributed by atoms with Crippen LogP contribution in [0.5, 0.6) is 0 Å². The summed E-state index contributed by atoms with van der Waals surface area (Å²) in [6.07, 6.45) is 7.87. The average Bonchev–Trinajstić information content (AvgIpc) is 3.14. The third-order valence-corrected chi connectivity index (χ3v) is 5.98. The molecule has 2 heteroatoms. The minimum absolute atomic E-state index is 0.0324. The molecule has 138 valence electrons. The van der Waals surface area contributed by atoms with E-state index in [9.17, 15) is 0 Å². The van der Waals surface area contributed by atoms with Gasteiger partial charge in [-0.3, -0.25) is 0 Å². The van der Waals surface area contributed by atoms with Crippen molar-refractivity contribution in [2.75, 3.05) is 18.0 Å². The molecule has 27 heavy (non-hydrogen) atoms. The summed E-state index contributed by atoms with van der Waals surface area (Å²) in [4.78, 5) is 2.43. The first-order valence-corrected chi connectivity index (χ1v) is 10.0. The van der Waals surface area contributed by atoms with E-state index >= 15 is 0 Å². The van der Waals surface area contributed by atoms with Gasteiger partial charge in [0.05, 0.1) is 5.41 Å². The van der Waals surface area contributed by atoms with Gasteiger partial charge >= 0.3 is 0 Å². The number of anilines is 1. The maximum Gasteiger partial charge on any atom is 0.209 e. The smallest absolute Gasteiger partial charge is 0.209 e. The fourth-order valence-corrected chi connectivity index (χ4v) is 4.62. The zero-order chi connectivity index (χ0) is 19.0. The van der Waals surface area contributed by atoms with Crippen LogP contribution in [0.4, 0.5) is 11.4 Å². The lowest BCUT2D eigenvalue weighted by atomic mass is 9.81. The molecule has 0 radical (unpaired) electrons. The van der Waals surface area contributed by atoms with E-state index in [2.05, 4.69) is 104 Å². The maximum atomic E-state index is 2.45. The number of allylic oxidation sites excluding steroid dienone is 4. The zero-order valence-electron chi connectivity index (χ0n) is 16.9. The molecular formula is C25H29N2+. The molecule has 2 aliphatic heterocycles. The largest absolute Gasteiger partial charge is 0.345 e. The Morgan fingerprint density at radius 3 is 2.56 bits per heavy atom. The molecule has 2 heterocycles. The van der Waals surface area contributed by atoms with E-state index in [1.807, 2.05) is 0 Å². The summed E-state index contributed by atoms with van der Waals surface area (Å²) in [5.41, 5.74) is 8.34. The highest BCUT2D eigenvalue weighted by Gasteiger charge is 2.43. The molecule has 2 aliphatic rings. The van der Waals surface area contributed by atoms with E-state index in [0.29, 0.717) is 0 Å². The van der Waals surface area contributed by atoms with Crippen LogP contribution < -0.4 is 4.90 Å². The first kappa shape index (κ1) is 17.8. The molecule has 2 aromatic rings. The molecule has 4 rings (SSSR count). The Labute approximate surface area is 163 Å². The maximum absolute atomic E-state index is 2.45. The summed E-state index contributed by atoms with van der Waals surface area (Å²) in [6, 6.07) is 17.5. The number of fused-ring (bicyclic) bond motifs is 2. The van der Waals surface area contributed by atoms with Crippen LogP contribution in [0.2, 0.25) is 0 Å². The van der Waals surface area contributed by atoms with Crippen LogP contribution in [0.25, 0.3) is 0 Å². The second-order valence-corrected chi connectivity index (χ2v) is 7.84. The summed E-state index contributed by atoms with van der Waals surface area (Å²) >= 11 is 0. The number of benzene rings is 2. The van der Waals surface area contributed by atoms with E-state index in [0.717, 1.165) is 19.5 Å². The fourth-order valence-electron chi connectivity index (χ4n) is 4.62. The second-order valence-electron chi connectivity index (χ2n) is 7.84.